The maximum atomic E-state index is 13.0. The minimum atomic E-state index is -1.46. The van der Waals surface area contributed by atoms with Crippen molar-refractivity contribution >= 4 is 50.7 Å². The van der Waals surface area contributed by atoms with Gasteiger partial charge >= 0.3 is 5.97 Å². The van der Waals surface area contributed by atoms with E-state index in [1.165, 1.54) is 0 Å². The Labute approximate surface area is 176 Å². The molecule has 29 heavy (non-hydrogen) atoms. The highest BCUT2D eigenvalue weighted by Gasteiger charge is 2.29. The minimum Gasteiger partial charge on any atom is -0.481 e. The standard InChI is InChI=1S/C22H21ClN2O3S/c1-14-18(23)7-4-8-21(14)29(28)24-19-9-10-20(17-6-3-2-5-16(17)19)25-12-11-15(13-25)22(26)27/h2-10,15,24H,11-13H2,1H3,(H,26,27). The first-order valence-corrected chi connectivity index (χ1v) is 10.9. The third-order valence-electron chi connectivity index (χ3n) is 5.40. The summed E-state index contributed by atoms with van der Waals surface area (Å²) in [7, 11) is -1.46. The van der Waals surface area contributed by atoms with Crippen LogP contribution in [0.2, 0.25) is 5.02 Å². The Bertz CT molecular complexity index is 1120. The average Bonchev–Trinajstić information content (AvgIpc) is 3.20. The summed E-state index contributed by atoms with van der Waals surface area (Å²) in [6.45, 7) is 3.06. The molecule has 3 aromatic rings. The summed E-state index contributed by atoms with van der Waals surface area (Å²) in [5.74, 6) is -1.09. The second-order valence-electron chi connectivity index (χ2n) is 7.18. The van der Waals surface area contributed by atoms with Crippen LogP contribution in [0, 0.1) is 12.8 Å². The van der Waals surface area contributed by atoms with Crippen molar-refractivity contribution in [2.75, 3.05) is 22.7 Å². The van der Waals surface area contributed by atoms with Gasteiger partial charge in [-0.1, -0.05) is 41.9 Å². The monoisotopic (exact) mass is 428 g/mol. The van der Waals surface area contributed by atoms with Crippen LogP contribution in [0.3, 0.4) is 0 Å². The molecule has 0 amide bonds. The van der Waals surface area contributed by atoms with Crippen molar-refractivity contribution in [2.24, 2.45) is 5.92 Å². The summed E-state index contributed by atoms with van der Waals surface area (Å²) in [6.07, 6.45) is 0.641. The molecule has 2 N–H and O–H groups in total. The Balaban J connectivity index is 1.68. The van der Waals surface area contributed by atoms with Gasteiger partial charge in [0.1, 0.15) is 0 Å². The zero-order valence-electron chi connectivity index (χ0n) is 15.9. The molecule has 0 spiro atoms. The summed E-state index contributed by atoms with van der Waals surface area (Å²) in [6, 6.07) is 17.1. The van der Waals surface area contributed by atoms with Gasteiger partial charge in [-0.2, -0.15) is 0 Å². The summed E-state index contributed by atoms with van der Waals surface area (Å²) >= 11 is 6.17. The largest absolute Gasteiger partial charge is 0.481 e. The van der Waals surface area contributed by atoms with Crippen LogP contribution in [0.25, 0.3) is 10.8 Å². The van der Waals surface area contributed by atoms with E-state index in [1.807, 2.05) is 43.3 Å². The van der Waals surface area contributed by atoms with Crippen LogP contribution >= 0.6 is 11.6 Å². The van der Waals surface area contributed by atoms with Crippen LogP contribution in [0.4, 0.5) is 11.4 Å². The van der Waals surface area contributed by atoms with E-state index in [4.69, 9.17) is 11.6 Å². The van der Waals surface area contributed by atoms with Crippen molar-refractivity contribution in [1.29, 1.82) is 0 Å². The zero-order chi connectivity index (χ0) is 20.5. The average molecular weight is 429 g/mol. The molecular weight excluding hydrogens is 408 g/mol. The van der Waals surface area contributed by atoms with Gasteiger partial charge in [0.15, 0.2) is 11.0 Å². The Kier molecular flexibility index (Phi) is 5.48. The molecule has 1 saturated heterocycles. The highest BCUT2D eigenvalue weighted by molar-refractivity contribution is 7.86. The number of carboxylic acids is 1. The SMILES string of the molecule is Cc1c(Cl)cccc1S(=O)Nc1ccc(N2CCC(C(=O)O)C2)c2ccccc12. The first-order valence-electron chi connectivity index (χ1n) is 9.38. The first kappa shape index (κ1) is 19.7. The van der Waals surface area contributed by atoms with Gasteiger partial charge in [-0.05, 0) is 43.2 Å². The predicted molar refractivity (Wildman–Crippen MR) is 118 cm³/mol. The van der Waals surface area contributed by atoms with Gasteiger partial charge in [-0.3, -0.25) is 4.79 Å². The van der Waals surface area contributed by atoms with E-state index in [1.54, 1.807) is 18.2 Å². The molecule has 5 nitrogen and oxygen atoms in total. The molecule has 7 heteroatoms. The molecule has 150 valence electrons. The van der Waals surface area contributed by atoms with Crippen molar-refractivity contribution in [3.63, 3.8) is 0 Å². The second-order valence-corrected chi connectivity index (χ2v) is 8.77. The molecule has 0 aromatic heterocycles. The number of carboxylic acid groups (broad SMARTS) is 1. The van der Waals surface area contributed by atoms with Crippen molar-refractivity contribution in [3.8, 4) is 0 Å². The van der Waals surface area contributed by atoms with Crippen molar-refractivity contribution < 1.29 is 14.1 Å². The fourth-order valence-corrected chi connectivity index (χ4v) is 5.08. The Morgan fingerprint density at radius 1 is 1.14 bits per heavy atom. The van der Waals surface area contributed by atoms with Gasteiger partial charge in [0.2, 0.25) is 0 Å². The number of carbonyl (C=O) groups is 1. The number of nitrogens with zero attached hydrogens (tertiary/aromatic N) is 1. The highest BCUT2D eigenvalue weighted by Crippen LogP contribution is 2.35. The predicted octanol–water partition coefficient (Wildman–Crippen LogP) is 4.85. The number of rotatable bonds is 5. The number of nitrogens with one attached hydrogen (secondary N) is 1. The fraction of sp³-hybridized carbons (Fsp3) is 0.227. The lowest BCUT2D eigenvalue weighted by atomic mass is 10.1. The van der Waals surface area contributed by atoms with Gasteiger partial charge in [0.25, 0.3) is 0 Å². The molecule has 4 rings (SSSR count). The van der Waals surface area contributed by atoms with Crippen molar-refractivity contribution in [3.05, 3.63) is 65.2 Å². The lowest BCUT2D eigenvalue weighted by Gasteiger charge is -2.22. The Morgan fingerprint density at radius 3 is 2.62 bits per heavy atom. The smallest absolute Gasteiger partial charge is 0.308 e. The summed E-state index contributed by atoms with van der Waals surface area (Å²) in [4.78, 5) is 14.1. The van der Waals surface area contributed by atoms with Crippen LogP contribution < -0.4 is 9.62 Å². The number of aliphatic carboxylic acids is 1. The lowest BCUT2D eigenvalue weighted by molar-refractivity contribution is -0.140. The van der Waals surface area contributed by atoms with Crippen LogP contribution in [0.1, 0.15) is 12.0 Å². The first-order chi connectivity index (χ1) is 14.0. The normalized spacial score (nSPS) is 17.4. The molecule has 1 aliphatic heterocycles. The minimum absolute atomic E-state index is 0.343. The number of anilines is 2. The van der Waals surface area contributed by atoms with E-state index in [0.29, 0.717) is 29.4 Å². The molecule has 0 saturated carbocycles. The summed E-state index contributed by atoms with van der Waals surface area (Å²) < 4.78 is 16.1. The number of hydrogen-bond donors (Lipinski definition) is 2. The van der Waals surface area contributed by atoms with E-state index < -0.39 is 17.0 Å². The van der Waals surface area contributed by atoms with E-state index in [9.17, 15) is 14.1 Å². The Morgan fingerprint density at radius 2 is 1.90 bits per heavy atom. The third kappa shape index (κ3) is 3.82. The van der Waals surface area contributed by atoms with Gasteiger partial charge in [0, 0.05) is 34.6 Å². The number of hydrogen-bond acceptors (Lipinski definition) is 3. The molecule has 1 heterocycles. The maximum absolute atomic E-state index is 13.0. The zero-order valence-corrected chi connectivity index (χ0v) is 17.5. The van der Waals surface area contributed by atoms with E-state index in [2.05, 4.69) is 9.62 Å². The van der Waals surface area contributed by atoms with E-state index in [-0.39, 0.29) is 5.92 Å². The maximum Gasteiger partial charge on any atom is 0.308 e. The third-order valence-corrected chi connectivity index (χ3v) is 7.06. The van der Waals surface area contributed by atoms with Crippen LogP contribution in [0.5, 0.6) is 0 Å². The molecule has 0 aliphatic carbocycles. The van der Waals surface area contributed by atoms with Crippen molar-refractivity contribution in [2.45, 2.75) is 18.2 Å². The van der Waals surface area contributed by atoms with Gasteiger partial charge in [-0.25, -0.2) is 4.21 Å². The number of fused-ring (bicyclic) bond motifs is 1. The van der Waals surface area contributed by atoms with Gasteiger partial charge < -0.3 is 14.7 Å². The Hall–Kier alpha value is -2.57. The number of halogens is 1. The molecule has 3 aromatic carbocycles. The van der Waals surface area contributed by atoms with Crippen molar-refractivity contribution in [1.82, 2.24) is 0 Å². The second kappa shape index (κ2) is 8.05. The van der Waals surface area contributed by atoms with Crippen LogP contribution in [-0.2, 0) is 15.8 Å². The molecule has 1 aliphatic rings. The summed E-state index contributed by atoms with van der Waals surface area (Å²) in [5.41, 5.74) is 2.55. The molecule has 0 bridgehead atoms. The quantitative estimate of drug-likeness (QED) is 0.609. The lowest BCUT2D eigenvalue weighted by Crippen LogP contribution is -2.22. The molecular formula is C22H21ClN2O3S. The topological polar surface area (TPSA) is 69.6 Å². The van der Waals surface area contributed by atoms with Crippen LogP contribution in [-0.4, -0.2) is 28.4 Å². The van der Waals surface area contributed by atoms with E-state index in [0.717, 1.165) is 27.7 Å². The molecule has 1 fully saturated rings. The molecule has 2 unspecified atom stereocenters. The fourth-order valence-electron chi connectivity index (χ4n) is 3.77. The van der Waals surface area contributed by atoms with E-state index >= 15 is 0 Å². The highest BCUT2D eigenvalue weighted by atomic mass is 35.5. The van der Waals surface area contributed by atoms with Gasteiger partial charge in [0.05, 0.1) is 16.5 Å². The van der Waals surface area contributed by atoms with Crippen LogP contribution in [0.15, 0.2) is 59.5 Å². The number of benzene rings is 3. The van der Waals surface area contributed by atoms with Gasteiger partial charge in [-0.15, -0.1) is 0 Å². The summed E-state index contributed by atoms with van der Waals surface area (Å²) in [5, 5.41) is 11.8. The molecule has 2 atom stereocenters. The molecule has 0 radical (unpaired) electrons.